The molecular formula is C22H28N4O3. The van der Waals surface area contributed by atoms with Gasteiger partial charge >= 0.3 is 0 Å². The molecule has 29 heavy (non-hydrogen) atoms. The summed E-state index contributed by atoms with van der Waals surface area (Å²) in [5.41, 5.74) is 1.58. The van der Waals surface area contributed by atoms with Gasteiger partial charge in [0.25, 0.3) is 5.91 Å². The Balaban J connectivity index is 1.80. The standard InChI is InChI=1S/C22H28N4O3/c1-22(2,3)18(20(28)23-4)26-19(27)17-11-10-16(14-8-9-14)21(25-17)29-13-15-7-5-6-12-24-15/h5-7,10-12,14,18H,8-9,13H2,1-4H3,(H,23,28)(H,26,27). The second kappa shape index (κ2) is 8.59. The lowest BCUT2D eigenvalue weighted by Gasteiger charge is -2.29. The van der Waals surface area contributed by atoms with Crippen LogP contribution in [-0.2, 0) is 11.4 Å². The lowest BCUT2D eigenvalue weighted by atomic mass is 9.86. The van der Waals surface area contributed by atoms with Crippen molar-refractivity contribution >= 4 is 11.8 Å². The van der Waals surface area contributed by atoms with E-state index in [1.54, 1.807) is 19.3 Å². The lowest BCUT2D eigenvalue weighted by molar-refractivity contribution is -0.124. The average molecular weight is 396 g/mol. The average Bonchev–Trinajstić information content (AvgIpc) is 3.54. The van der Waals surface area contributed by atoms with Gasteiger partial charge in [-0.25, -0.2) is 4.98 Å². The van der Waals surface area contributed by atoms with Crippen LogP contribution >= 0.6 is 0 Å². The summed E-state index contributed by atoms with van der Waals surface area (Å²) in [5.74, 6) is 0.232. The number of amides is 2. The van der Waals surface area contributed by atoms with Crippen LogP contribution in [0.1, 0.15) is 61.3 Å². The minimum absolute atomic E-state index is 0.226. The predicted molar refractivity (Wildman–Crippen MR) is 110 cm³/mol. The smallest absolute Gasteiger partial charge is 0.270 e. The maximum absolute atomic E-state index is 12.8. The molecule has 7 heteroatoms. The van der Waals surface area contributed by atoms with Gasteiger partial charge in [0.1, 0.15) is 18.3 Å². The Hall–Kier alpha value is -2.96. The summed E-state index contributed by atoms with van der Waals surface area (Å²) in [7, 11) is 1.56. The highest BCUT2D eigenvalue weighted by atomic mass is 16.5. The molecule has 0 aromatic carbocycles. The number of nitrogens with one attached hydrogen (secondary N) is 2. The highest BCUT2D eigenvalue weighted by Crippen LogP contribution is 2.43. The van der Waals surface area contributed by atoms with Crippen LogP contribution in [0.15, 0.2) is 36.5 Å². The number of hydrogen-bond donors (Lipinski definition) is 2. The first-order chi connectivity index (χ1) is 13.8. The van der Waals surface area contributed by atoms with Crippen LogP contribution in [0, 0.1) is 5.41 Å². The number of pyridine rings is 2. The summed E-state index contributed by atoms with van der Waals surface area (Å²) in [6.45, 7) is 5.98. The molecule has 0 spiro atoms. The number of likely N-dealkylation sites (N-methyl/N-ethyl adjacent to an activating group) is 1. The highest BCUT2D eigenvalue weighted by molar-refractivity contribution is 5.96. The van der Waals surface area contributed by atoms with Gasteiger partial charge in [-0.05, 0) is 42.4 Å². The Morgan fingerprint density at radius 1 is 1.21 bits per heavy atom. The molecule has 1 fully saturated rings. The van der Waals surface area contributed by atoms with Gasteiger partial charge in [0, 0.05) is 18.8 Å². The molecule has 1 aliphatic carbocycles. The van der Waals surface area contributed by atoms with E-state index in [1.165, 1.54) is 0 Å². The molecule has 0 aliphatic heterocycles. The molecule has 0 bridgehead atoms. The molecule has 2 amide bonds. The molecular weight excluding hydrogens is 368 g/mol. The number of hydrogen-bond acceptors (Lipinski definition) is 5. The topological polar surface area (TPSA) is 93.2 Å². The van der Waals surface area contributed by atoms with Crippen LogP contribution in [0.25, 0.3) is 0 Å². The van der Waals surface area contributed by atoms with Gasteiger partial charge in [0.2, 0.25) is 11.8 Å². The largest absolute Gasteiger partial charge is 0.471 e. The van der Waals surface area contributed by atoms with Crippen LogP contribution in [0.3, 0.4) is 0 Å². The first-order valence-corrected chi connectivity index (χ1v) is 9.85. The molecule has 0 saturated heterocycles. The molecule has 2 aromatic rings. The first kappa shape index (κ1) is 20.8. The molecule has 1 saturated carbocycles. The van der Waals surface area contributed by atoms with Crippen LogP contribution in [-0.4, -0.2) is 34.9 Å². The zero-order valence-electron chi connectivity index (χ0n) is 17.4. The van der Waals surface area contributed by atoms with Gasteiger partial charge in [-0.3, -0.25) is 14.6 Å². The van der Waals surface area contributed by atoms with E-state index in [0.717, 1.165) is 24.1 Å². The molecule has 0 radical (unpaired) electrons. The van der Waals surface area contributed by atoms with Gasteiger partial charge in [0.05, 0.1) is 5.69 Å². The van der Waals surface area contributed by atoms with E-state index in [0.29, 0.717) is 11.8 Å². The van der Waals surface area contributed by atoms with Crippen molar-refractivity contribution < 1.29 is 14.3 Å². The third-order valence-corrected chi connectivity index (χ3v) is 4.87. The van der Waals surface area contributed by atoms with Crippen LogP contribution in [0.4, 0.5) is 0 Å². The normalized spacial score (nSPS) is 14.8. The summed E-state index contributed by atoms with van der Waals surface area (Å²) < 4.78 is 5.92. The predicted octanol–water partition coefficient (Wildman–Crippen LogP) is 2.82. The van der Waals surface area contributed by atoms with Gasteiger partial charge in [0.15, 0.2) is 0 Å². The number of carbonyl (C=O) groups excluding carboxylic acids is 2. The van der Waals surface area contributed by atoms with E-state index < -0.39 is 17.4 Å². The Kier molecular flexibility index (Phi) is 6.15. The highest BCUT2D eigenvalue weighted by Gasteiger charge is 2.33. The van der Waals surface area contributed by atoms with Gasteiger partial charge in [-0.2, -0.15) is 0 Å². The van der Waals surface area contributed by atoms with Gasteiger partial charge in [-0.1, -0.05) is 32.9 Å². The maximum atomic E-state index is 12.8. The lowest BCUT2D eigenvalue weighted by Crippen LogP contribution is -2.53. The van der Waals surface area contributed by atoms with E-state index in [2.05, 4.69) is 20.6 Å². The van der Waals surface area contributed by atoms with Crippen LogP contribution in [0.5, 0.6) is 5.88 Å². The SMILES string of the molecule is CNC(=O)C(NC(=O)c1ccc(C2CC2)c(OCc2ccccn2)n1)C(C)(C)C. The van der Waals surface area contributed by atoms with E-state index >= 15 is 0 Å². The van der Waals surface area contributed by atoms with E-state index in [4.69, 9.17) is 4.74 Å². The first-order valence-electron chi connectivity index (χ1n) is 9.85. The minimum atomic E-state index is -0.678. The van der Waals surface area contributed by atoms with Crippen LogP contribution < -0.4 is 15.4 Å². The minimum Gasteiger partial charge on any atom is -0.471 e. The molecule has 3 rings (SSSR count). The molecule has 7 nitrogen and oxygen atoms in total. The molecule has 2 N–H and O–H groups in total. The number of nitrogens with zero attached hydrogens (tertiary/aromatic N) is 2. The van der Waals surface area contributed by atoms with Crippen molar-refractivity contribution in [1.29, 1.82) is 0 Å². The van der Waals surface area contributed by atoms with Crippen molar-refractivity contribution in [2.24, 2.45) is 5.41 Å². The number of aromatic nitrogens is 2. The molecule has 2 aromatic heterocycles. The third kappa shape index (κ3) is 5.31. The molecule has 154 valence electrons. The quantitative estimate of drug-likeness (QED) is 0.751. The van der Waals surface area contributed by atoms with Crippen molar-refractivity contribution in [3.05, 3.63) is 53.5 Å². The molecule has 1 atom stereocenters. The summed E-state index contributed by atoms with van der Waals surface area (Å²) in [6.07, 6.45) is 3.90. The van der Waals surface area contributed by atoms with Gasteiger partial charge in [-0.15, -0.1) is 0 Å². The van der Waals surface area contributed by atoms with Crippen molar-refractivity contribution in [2.75, 3.05) is 7.05 Å². The number of carbonyl (C=O) groups is 2. The summed E-state index contributed by atoms with van der Waals surface area (Å²) >= 11 is 0. The maximum Gasteiger partial charge on any atom is 0.270 e. The zero-order chi connectivity index (χ0) is 21.0. The number of rotatable bonds is 7. The summed E-state index contributed by atoms with van der Waals surface area (Å²) in [6, 6.07) is 8.55. The summed E-state index contributed by atoms with van der Waals surface area (Å²) in [5, 5.41) is 5.41. The zero-order valence-corrected chi connectivity index (χ0v) is 17.4. The fraction of sp³-hybridized carbons (Fsp3) is 0.455. The second-order valence-electron chi connectivity index (χ2n) is 8.36. The monoisotopic (exact) mass is 396 g/mol. The Morgan fingerprint density at radius 2 is 1.97 bits per heavy atom. The van der Waals surface area contributed by atoms with E-state index in [9.17, 15) is 9.59 Å². The fourth-order valence-corrected chi connectivity index (χ4v) is 3.05. The Morgan fingerprint density at radius 3 is 2.55 bits per heavy atom. The Labute approximate surface area is 171 Å². The molecule has 1 aliphatic rings. The van der Waals surface area contributed by atoms with Crippen LogP contribution in [0.2, 0.25) is 0 Å². The third-order valence-electron chi connectivity index (χ3n) is 4.87. The fourth-order valence-electron chi connectivity index (χ4n) is 3.05. The van der Waals surface area contributed by atoms with E-state index in [1.807, 2.05) is 45.0 Å². The summed E-state index contributed by atoms with van der Waals surface area (Å²) in [4.78, 5) is 33.8. The van der Waals surface area contributed by atoms with Crippen molar-refractivity contribution in [3.8, 4) is 5.88 Å². The number of ether oxygens (including phenoxy) is 1. The second-order valence-corrected chi connectivity index (χ2v) is 8.36. The Bertz CT molecular complexity index is 873. The van der Waals surface area contributed by atoms with Crippen molar-refractivity contribution in [3.63, 3.8) is 0 Å². The van der Waals surface area contributed by atoms with Gasteiger partial charge < -0.3 is 15.4 Å². The molecule has 1 unspecified atom stereocenters. The molecule has 2 heterocycles. The van der Waals surface area contributed by atoms with Crippen molar-refractivity contribution in [2.45, 2.75) is 52.2 Å². The van der Waals surface area contributed by atoms with E-state index in [-0.39, 0.29) is 18.2 Å². The van der Waals surface area contributed by atoms with Crippen molar-refractivity contribution in [1.82, 2.24) is 20.6 Å².